The third-order valence-electron chi connectivity index (χ3n) is 16.0. The molecule has 9 nitrogen and oxygen atoms in total. The zero-order chi connectivity index (χ0) is 61.9. The van der Waals surface area contributed by atoms with Crippen LogP contribution < -0.4 is 4.89 Å². The van der Waals surface area contributed by atoms with E-state index in [0.717, 1.165) is 77.0 Å². The first kappa shape index (κ1) is 82.5. The molecule has 10 heteroatoms. The van der Waals surface area contributed by atoms with Crippen LogP contribution in [0.3, 0.4) is 0 Å². The largest absolute Gasteiger partial charge is 0.756 e. The van der Waals surface area contributed by atoms with Crippen LogP contribution in [0.15, 0.2) is 72.9 Å². The molecule has 0 bridgehead atoms. The van der Waals surface area contributed by atoms with Crippen LogP contribution in [-0.2, 0) is 32.7 Å². The molecule has 0 saturated heterocycles. The van der Waals surface area contributed by atoms with E-state index in [0.29, 0.717) is 17.4 Å². The quantitative estimate of drug-likeness (QED) is 0.0195. The molecule has 0 heterocycles. The Kier molecular flexibility index (Phi) is 63.9. The average molecular weight is 1210 g/mol. The molecule has 0 saturated carbocycles. The van der Waals surface area contributed by atoms with Crippen molar-refractivity contribution < 1.29 is 42.1 Å². The molecule has 0 spiro atoms. The van der Waals surface area contributed by atoms with E-state index in [9.17, 15) is 19.0 Å². The van der Waals surface area contributed by atoms with Gasteiger partial charge in [-0.2, -0.15) is 0 Å². The van der Waals surface area contributed by atoms with E-state index in [1.165, 1.54) is 231 Å². The van der Waals surface area contributed by atoms with Crippen molar-refractivity contribution >= 4 is 19.8 Å². The number of unbranched alkanes of at least 4 members (excludes halogenated alkanes) is 41. The number of nitrogens with zero attached hydrogens (tertiary/aromatic N) is 1. The summed E-state index contributed by atoms with van der Waals surface area (Å²) in [7, 11) is 1.18. The molecule has 0 fully saturated rings. The van der Waals surface area contributed by atoms with Crippen molar-refractivity contribution in [1.82, 2.24) is 0 Å². The molecular formula is C75H138NO8P. The van der Waals surface area contributed by atoms with Gasteiger partial charge in [-0.1, -0.05) is 337 Å². The summed E-state index contributed by atoms with van der Waals surface area (Å²) >= 11 is 0. The summed E-state index contributed by atoms with van der Waals surface area (Å²) in [6, 6.07) is 0. The summed E-state index contributed by atoms with van der Waals surface area (Å²) in [5.74, 6) is -0.818. The Labute approximate surface area is 527 Å². The van der Waals surface area contributed by atoms with Gasteiger partial charge >= 0.3 is 11.9 Å². The Bertz CT molecular complexity index is 1660. The smallest absolute Gasteiger partial charge is 0.306 e. The normalized spacial score (nSPS) is 13.5. The first-order valence-corrected chi connectivity index (χ1v) is 37.6. The van der Waals surface area contributed by atoms with Gasteiger partial charge in [-0.05, 0) is 64.2 Å². The van der Waals surface area contributed by atoms with Crippen molar-refractivity contribution in [3.8, 4) is 0 Å². The number of phosphoric acid groups is 1. The summed E-state index contributed by atoms with van der Waals surface area (Å²) < 4.78 is 34.4. The molecule has 0 amide bonds. The monoisotopic (exact) mass is 1210 g/mol. The number of allylic oxidation sites excluding steroid dienone is 12. The maximum Gasteiger partial charge on any atom is 0.306 e. The minimum Gasteiger partial charge on any atom is -0.756 e. The standard InChI is InChI=1S/C75H138NO8P/c1-6-8-10-12-14-16-18-20-22-24-26-28-30-32-34-36-37-38-39-40-42-44-46-48-50-52-54-56-58-60-62-64-66-68-75(78)84-73(72-83-85(79,80)82-70-69-76(3,4)5)71-81-74(77)67-65-63-61-59-57-55-53-51-49-47-45-43-41-35-33-31-29-27-25-23-21-19-17-15-13-11-9-7-2/h8,10,14,16,20,22,26,28,32,34,37-38,73H,6-7,9,11-13,15,17-19,21,23-25,27,29-31,33,35-36,39-72H2,1-5H3/b10-8-,16-14-,22-20-,28-26-,34-32-,38-37-. The average Bonchev–Trinajstić information content (AvgIpc) is 3.54. The van der Waals surface area contributed by atoms with Gasteiger partial charge in [0.25, 0.3) is 7.82 Å². The second-order valence-corrected chi connectivity index (χ2v) is 27.0. The van der Waals surface area contributed by atoms with Crippen LogP contribution in [0, 0.1) is 0 Å². The number of esters is 2. The van der Waals surface area contributed by atoms with Gasteiger partial charge in [0.15, 0.2) is 6.10 Å². The van der Waals surface area contributed by atoms with E-state index in [4.69, 9.17) is 18.5 Å². The lowest BCUT2D eigenvalue weighted by atomic mass is 10.0. The Morgan fingerprint density at radius 3 is 1.00 bits per heavy atom. The van der Waals surface area contributed by atoms with E-state index in [-0.39, 0.29) is 32.0 Å². The van der Waals surface area contributed by atoms with Gasteiger partial charge in [0.2, 0.25) is 0 Å². The molecule has 0 aliphatic heterocycles. The van der Waals surface area contributed by atoms with Crippen LogP contribution in [0.4, 0.5) is 0 Å². The van der Waals surface area contributed by atoms with Gasteiger partial charge in [0.05, 0.1) is 27.7 Å². The second kappa shape index (κ2) is 65.9. The van der Waals surface area contributed by atoms with Crippen LogP contribution in [0.2, 0.25) is 0 Å². The predicted octanol–water partition coefficient (Wildman–Crippen LogP) is 22.9. The fraction of sp³-hybridized carbons (Fsp3) is 0.813. The number of quaternary nitrogens is 1. The van der Waals surface area contributed by atoms with Crippen LogP contribution in [0.1, 0.15) is 341 Å². The van der Waals surface area contributed by atoms with Gasteiger partial charge in [0.1, 0.15) is 19.8 Å². The van der Waals surface area contributed by atoms with Gasteiger partial charge in [-0.3, -0.25) is 14.2 Å². The first-order valence-electron chi connectivity index (χ1n) is 36.1. The molecule has 0 N–H and O–H groups in total. The summed E-state index contributed by atoms with van der Waals surface area (Å²) in [5.41, 5.74) is 0. The first-order chi connectivity index (χ1) is 41.5. The van der Waals surface area contributed by atoms with Crippen molar-refractivity contribution in [2.75, 3.05) is 47.5 Å². The molecule has 0 aliphatic carbocycles. The number of hydrogen-bond donors (Lipinski definition) is 0. The summed E-state index contributed by atoms with van der Waals surface area (Å²) in [5, 5.41) is 0. The number of carbonyl (C=O) groups excluding carboxylic acids is 2. The molecule has 2 unspecified atom stereocenters. The SMILES string of the molecule is CC/C=C\C/C=C\C/C=C\C/C=C\C/C=C\C/C=C\CCCCCCCCCCCCCCCCC(=O)OC(COC(=O)CCCCCCCCCCCCCCCCCCCCCCCCCCCCCC)COP(=O)([O-])OCC[N+](C)(C)C. The molecule has 496 valence electrons. The minimum atomic E-state index is -4.64. The lowest BCUT2D eigenvalue weighted by Crippen LogP contribution is -2.37. The van der Waals surface area contributed by atoms with Crippen LogP contribution in [-0.4, -0.2) is 70.0 Å². The molecule has 0 aromatic carbocycles. The minimum absolute atomic E-state index is 0.0306. The van der Waals surface area contributed by atoms with E-state index in [2.05, 4.69) is 86.8 Å². The number of hydrogen-bond acceptors (Lipinski definition) is 8. The predicted molar refractivity (Wildman–Crippen MR) is 365 cm³/mol. The number of likely N-dealkylation sites (N-methyl/N-ethyl adjacent to an activating group) is 1. The Balaban J connectivity index is 4.01. The zero-order valence-corrected chi connectivity index (χ0v) is 57.5. The Morgan fingerprint density at radius 2 is 0.671 bits per heavy atom. The summed E-state index contributed by atoms with van der Waals surface area (Å²) in [6.45, 7) is 4.18. The highest BCUT2D eigenvalue weighted by Crippen LogP contribution is 2.38. The van der Waals surface area contributed by atoms with E-state index < -0.39 is 26.5 Å². The van der Waals surface area contributed by atoms with Gasteiger partial charge in [-0.15, -0.1) is 0 Å². The Hall–Kier alpha value is -2.55. The van der Waals surface area contributed by atoms with Crippen molar-refractivity contribution in [3.63, 3.8) is 0 Å². The molecule has 0 rings (SSSR count). The third kappa shape index (κ3) is 70.4. The number of ether oxygens (including phenoxy) is 2. The maximum absolute atomic E-state index is 12.9. The summed E-state index contributed by atoms with van der Waals surface area (Å²) in [4.78, 5) is 38.1. The highest BCUT2D eigenvalue weighted by Gasteiger charge is 2.22. The third-order valence-corrected chi connectivity index (χ3v) is 17.0. The lowest BCUT2D eigenvalue weighted by molar-refractivity contribution is -0.870. The molecule has 0 aliphatic rings. The topological polar surface area (TPSA) is 111 Å². The highest BCUT2D eigenvalue weighted by molar-refractivity contribution is 7.45. The molecule has 2 atom stereocenters. The number of rotatable bonds is 67. The van der Waals surface area contributed by atoms with Crippen molar-refractivity contribution in [2.45, 2.75) is 347 Å². The van der Waals surface area contributed by atoms with Crippen LogP contribution in [0.25, 0.3) is 0 Å². The fourth-order valence-electron chi connectivity index (χ4n) is 10.5. The van der Waals surface area contributed by atoms with Gasteiger partial charge < -0.3 is 27.9 Å². The van der Waals surface area contributed by atoms with Crippen molar-refractivity contribution in [2.24, 2.45) is 0 Å². The van der Waals surface area contributed by atoms with E-state index in [1.54, 1.807) is 0 Å². The molecule has 0 radical (unpaired) electrons. The van der Waals surface area contributed by atoms with Crippen LogP contribution in [0.5, 0.6) is 0 Å². The molecule has 85 heavy (non-hydrogen) atoms. The molecular weight excluding hydrogens is 1070 g/mol. The van der Waals surface area contributed by atoms with E-state index >= 15 is 0 Å². The fourth-order valence-corrected chi connectivity index (χ4v) is 11.2. The van der Waals surface area contributed by atoms with Gasteiger partial charge in [0, 0.05) is 12.8 Å². The Morgan fingerprint density at radius 1 is 0.376 bits per heavy atom. The van der Waals surface area contributed by atoms with Crippen LogP contribution >= 0.6 is 7.82 Å². The molecule has 0 aromatic heterocycles. The second-order valence-electron chi connectivity index (χ2n) is 25.6. The van der Waals surface area contributed by atoms with Crippen molar-refractivity contribution in [3.05, 3.63) is 72.9 Å². The summed E-state index contributed by atoms with van der Waals surface area (Å²) in [6.07, 6.45) is 88.5. The zero-order valence-electron chi connectivity index (χ0n) is 56.6. The lowest BCUT2D eigenvalue weighted by Gasteiger charge is -2.28. The van der Waals surface area contributed by atoms with E-state index in [1.807, 2.05) is 21.1 Å². The highest BCUT2D eigenvalue weighted by atomic mass is 31.2. The van der Waals surface area contributed by atoms with Gasteiger partial charge in [-0.25, -0.2) is 0 Å². The maximum atomic E-state index is 12.9. The number of carbonyl (C=O) groups is 2. The number of phosphoric ester groups is 1. The van der Waals surface area contributed by atoms with Crippen molar-refractivity contribution in [1.29, 1.82) is 0 Å². The molecule has 0 aromatic rings.